The third-order valence-corrected chi connectivity index (χ3v) is 4.51. The molecule has 2 N–H and O–H groups in total. The van der Waals surface area contributed by atoms with Crippen LogP contribution in [0.15, 0.2) is 24.3 Å². The fourth-order valence-corrected chi connectivity index (χ4v) is 3.27. The number of likely N-dealkylation sites (N-methyl/N-ethyl adjacent to an activating group) is 1. The largest absolute Gasteiger partial charge is 0.320 e. The summed E-state index contributed by atoms with van der Waals surface area (Å²) in [6.45, 7) is 8.17. The second-order valence-corrected chi connectivity index (χ2v) is 6.03. The normalized spacial score (nSPS) is 22.4. The number of piperazine rings is 1. The highest BCUT2D eigenvalue weighted by molar-refractivity contribution is 5.27. The molecule has 1 aliphatic heterocycles. The van der Waals surface area contributed by atoms with Crippen molar-refractivity contribution in [2.75, 3.05) is 33.2 Å². The van der Waals surface area contributed by atoms with Gasteiger partial charge in [-0.15, -0.1) is 0 Å². The van der Waals surface area contributed by atoms with Gasteiger partial charge in [0.2, 0.25) is 0 Å². The number of nitrogens with zero attached hydrogens (tertiary/aromatic N) is 2. The van der Waals surface area contributed by atoms with E-state index in [1.54, 1.807) is 6.07 Å². The summed E-state index contributed by atoms with van der Waals surface area (Å²) in [5, 5.41) is 0. The van der Waals surface area contributed by atoms with Gasteiger partial charge < -0.3 is 10.6 Å². The van der Waals surface area contributed by atoms with Gasteiger partial charge in [-0.1, -0.05) is 25.1 Å². The monoisotopic (exact) mass is 279 g/mol. The number of hydrogen-bond acceptors (Lipinski definition) is 3. The van der Waals surface area contributed by atoms with E-state index in [4.69, 9.17) is 5.73 Å². The van der Waals surface area contributed by atoms with Gasteiger partial charge in [-0.25, -0.2) is 4.39 Å². The average Bonchev–Trinajstić information content (AvgIpc) is 2.42. The maximum atomic E-state index is 14.1. The highest BCUT2D eigenvalue weighted by Gasteiger charge is 2.37. The molecule has 2 unspecified atom stereocenters. The van der Waals surface area contributed by atoms with E-state index in [-0.39, 0.29) is 11.9 Å². The van der Waals surface area contributed by atoms with Crippen LogP contribution in [-0.2, 0) is 5.54 Å². The zero-order valence-electron chi connectivity index (χ0n) is 12.8. The van der Waals surface area contributed by atoms with E-state index in [1.807, 2.05) is 19.1 Å². The Bertz CT molecular complexity index is 439. The summed E-state index contributed by atoms with van der Waals surface area (Å²) in [5.41, 5.74) is 6.51. The molecule has 0 amide bonds. The highest BCUT2D eigenvalue weighted by atomic mass is 19.1. The molecule has 20 heavy (non-hydrogen) atoms. The predicted octanol–water partition coefficient (Wildman–Crippen LogP) is 2.03. The summed E-state index contributed by atoms with van der Waals surface area (Å²) in [6, 6.07) is 7.05. The van der Waals surface area contributed by atoms with Crippen molar-refractivity contribution in [3.05, 3.63) is 35.6 Å². The highest BCUT2D eigenvalue weighted by Crippen LogP contribution is 2.30. The van der Waals surface area contributed by atoms with Crippen LogP contribution in [-0.4, -0.2) is 49.1 Å². The van der Waals surface area contributed by atoms with Gasteiger partial charge in [0.05, 0.1) is 5.54 Å². The Balaban J connectivity index is 2.23. The van der Waals surface area contributed by atoms with E-state index in [9.17, 15) is 4.39 Å². The maximum Gasteiger partial charge on any atom is 0.128 e. The summed E-state index contributed by atoms with van der Waals surface area (Å²) in [6.07, 6.45) is 0.922. The first-order valence-corrected chi connectivity index (χ1v) is 7.43. The minimum absolute atomic E-state index is 0.160. The number of benzene rings is 1. The zero-order valence-corrected chi connectivity index (χ0v) is 12.8. The lowest BCUT2D eigenvalue weighted by Gasteiger charge is -2.45. The van der Waals surface area contributed by atoms with E-state index in [0.29, 0.717) is 5.56 Å². The van der Waals surface area contributed by atoms with Crippen LogP contribution in [0.2, 0.25) is 0 Å². The minimum atomic E-state index is -0.671. The van der Waals surface area contributed by atoms with Gasteiger partial charge in [0, 0.05) is 37.8 Å². The second kappa shape index (κ2) is 6.20. The third kappa shape index (κ3) is 3.03. The number of halogens is 1. The van der Waals surface area contributed by atoms with E-state index < -0.39 is 5.54 Å². The molecule has 0 saturated carbocycles. The first-order chi connectivity index (χ1) is 9.46. The van der Waals surface area contributed by atoms with Crippen LogP contribution in [0.1, 0.15) is 25.8 Å². The molecule has 2 atom stereocenters. The van der Waals surface area contributed by atoms with Gasteiger partial charge in [-0.2, -0.15) is 0 Å². The van der Waals surface area contributed by atoms with E-state index in [2.05, 4.69) is 23.8 Å². The molecule has 1 saturated heterocycles. The molecule has 3 nitrogen and oxygen atoms in total. The quantitative estimate of drug-likeness (QED) is 0.915. The Kier molecular flexibility index (Phi) is 4.78. The Labute approximate surface area is 121 Å². The Hall–Kier alpha value is -0.970. The molecule has 0 spiro atoms. The summed E-state index contributed by atoms with van der Waals surface area (Å²) < 4.78 is 14.1. The van der Waals surface area contributed by atoms with Crippen LogP contribution in [0.4, 0.5) is 4.39 Å². The molecule has 1 aromatic carbocycles. The van der Waals surface area contributed by atoms with E-state index in [0.717, 1.165) is 32.6 Å². The fraction of sp³-hybridized carbons (Fsp3) is 0.625. The molecule has 4 heteroatoms. The van der Waals surface area contributed by atoms with Crippen molar-refractivity contribution >= 4 is 0 Å². The topological polar surface area (TPSA) is 32.5 Å². The molecular formula is C16H26FN3. The van der Waals surface area contributed by atoms with Crippen molar-refractivity contribution in [1.82, 2.24) is 9.80 Å². The summed E-state index contributed by atoms with van der Waals surface area (Å²) >= 11 is 0. The first kappa shape index (κ1) is 15.4. The van der Waals surface area contributed by atoms with Crippen LogP contribution in [0, 0.1) is 5.82 Å². The molecule has 1 aromatic rings. The molecule has 1 fully saturated rings. The number of nitrogens with two attached hydrogens (primary N) is 1. The van der Waals surface area contributed by atoms with Gasteiger partial charge >= 0.3 is 0 Å². The van der Waals surface area contributed by atoms with Crippen LogP contribution in [0.5, 0.6) is 0 Å². The van der Waals surface area contributed by atoms with Crippen molar-refractivity contribution in [3.8, 4) is 0 Å². The number of hydrogen-bond donors (Lipinski definition) is 1. The van der Waals surface area contributed by atoms with Crippen LogP contribution in [0.3, 0.4) is 0 Å². The Morgan fingerprint density at radius 2 is 1.85 bits per heavy atom. The Morgan fingerprint density at radius 3 is 2.40 bits per heavy atom. The maximum absolute atomic E-state index is 14.1. The summed E-state index contributed by atoms with van der Waals surface area (Å²) in [7, 11) is 2.14. The predicted molar refractivity (Wildman–Crippen MR) is 81.1 cm³/mol. The van der Waals surface area contributed by atoms with Crippen LogP contribution < -0.4 is 5.73 Å². The molecular weight excluding hydrogens is 253 g/mol. The SMILES string of the molecule is CCC(N1CCN(C)CC1)C(C)(N)c1ccccc1F. The molecule has 0 radical (unpaired) electrons. The lowest BCUT2D eigenvalue weighted by Crippen LogP contribution is -2.59. The summed E-state index contributed by atoms with van der Waals surface area (Å²) in [4.78, 5) is 4.73. The lowest BCUT2D eigenvalue weighted by atomic mass is 9.82. The van der Waals surface area contributed by atoms with Gasteiger partial charge in [-0.3, -0.25) is 4.90 Å². The van der Waals surface area contributed by atoms with E-state index >= 15 is 0 Å². The average molecular weight is 279 g/mol. The number of rotatable bonds is 4. The fourth-order valence-electron chi connectivity index (χ4n) is 3.27. The van der Waals surface area contributed by atoms with Gasteiger partial charge in [-0.05, 0) is 26.5 Å². The van der Waals surface area contributed by atoms with Crippen molar-refractivity contribution in [2.24, 2.45) is 5.73 Å². The minimum Gasteiger partial charge on any atom is -0.320 e. The molecule has 112 valence electrons. The molecule has 1 aliphatic rings. The van der Waals surface area contributed by atoms with Crippen molar-refractivity contribution < 1.29 is 4.39 Å². The van der Waals surface area contributed by atoms with Gasteiger partial charge in [0.1, 0.15) is 5.82 Å². The molecule has 0 aliphatic carbocycles. The van der Waals surface area contributed by atoms with Gasteiger partial charge in [0.25, 0.3) is 0 Å². The molecule has 1 heterocycles. The standard InChI is InChI=1S/C16H26FN3/c1-4-15(20-11-9-19(3)10-12-20)16(2,18)13-7-5-6-8-14(13)17/h5-8,15H,4,9-12,18H2,1-3H3. The third-order valence-electron chi connectivity index (χ3n) is 4.51. The first-order valence-electron chi connectivity index (χ1n) is 7.43. The zero-order chi connectivity index (χ0) is 14.8. The summed E-state index contributed by atoms with van der Waals surface area (Å²) in [5.74, 6) is -0.204. The smallest absolute Gasteiger partial charge is 0.128 e. The molecule has 0 aromatic heterocycles. The van der Waals surface area contributed by atoms with Crippen LogP contribution in [0.25, 0.3) is 0 Å². The van der Waals surface area contributed by atoms with Gasteiger partial charge in [0.15, 0.2) is 0 Å². The van der Waals surface area contributed by atoms with Crippen molar-refractivity contribution in [1.29, 1.82) is 0 Å². The second-order valence-electron chi connectivity index (χ2n) is 6.03. The van der Waals surface area contributed by atoms with E-state index in [1.165, 1.54) is 6.07 Å². The van der Waals surface area contributed by atoms with Crippen molar-refractivity contribution in [2.45, 2.75) is 31.8 Å². The lowest BCUT2D eigenvalue weighted by molar-refractivity contribution is 0.0681. The Morgan fingerprint density at radius 1 is 1.25 bits per heavy atom. The van der Waals surface area contributed by atoms with Crippen LogP contribution >= 0.6 is 0 Å². The van der Waals surface area contributed by atoms with Crippen molar-refractivity contribution in [3.63, 3.8) is 0 Å². The molecule has 0 bridgehead atoms. The molecule has 2 rings (SSSR count).